The molecule has 8 heteroatoms. The molecule has 0 unspecified atom stereocenters. The lowest BCUT2D eigenvalue weighted by Gasteiger charge is -2.40. The zero-order valence-corrected chi connectivity index (χ0v) is 13.3. The van der Waals surface area contributed by atoms with Crippen molar-refractivity contribution >= 4 is 23.3 Å². The maximum Gasteiger partial charge on any atom is 0.422 e. The average Bonchev–Trinajstić information content (AvgIpc) is 2.39. The van der Waals surface area contributed by atoms with Crippen LogP contribution in [0.15, 0.2) is 12.1 Å². The van der Waals surface area contributed by atoms with E-state index in [1.54, 1.807) is 6.92 Å². The second-order valence-corrected chi connectivity index (χ2v) is 5.84. The van der Waals surface area contributed by atoms with E-state index in [2.05, 4.69) is 0 Å². The fraction of sp³-hybridized carbons (Fsp3) is 0.533. The number of carbonyl (C=O) groups is 1. The van der Waals surface area contributed by atoms with Gasteiger partial charge in [-0.1, -0.05) is 18.0 Å². The van der Waals surface area contributed by atoms with Crippen molar-refractivity contribution in [3.8, 4) is 5.75 Å². The van der Waals surface area contributed by atoms with Gasteiger partial charge < -0.3 is 15.2 Å². The number of carbonyl (C=O) groups excluding carboxylic acids is 1. The number of anilines is 1. The molecule has 23 heavy (non-hydrogen) atoms. The number of rotatable bonds is 5. The fourth-order valence-electron chi connectivity index (χ4n) is 2.56. The highest BCUT2D eigenvalue weighted by Crippen LogP contribution is 2.47. The van der Waals surface area contributed by atoms with Gasteiger partial charge in [0.25, 0.3) is 0 Å². The second kappa shape index (κ2) is 6.47. The Labute approximate surface area is 136 Å². The molecule has 1 aliphatic carbocycles. The van der Waals surface area contributed by atoms with Gasteiger partial charge in [-0.05, 0) is 37.5 Å². The quantitative estimate of drug-likeness (QED) is 0.646. The predicted molar refractivity (Wildman–Crippen MR) is 79.6 cm³/mol. The Hall–Kier alpha value is -1.63. The molecular formula is C15H17ClF3NO3. The standard InChI is InChI=1S/C15H17ClF3NO3/c1-2-22-13(21)14(4-3-5-14)9-6-10(16)12(20)11(7-9)23-8-15(17,18)19/h6-7H,2-5,8,20H2,1H3. The van der Waals surface area contributed by atoms with Crippen molar-refractivity contribution in [1.82, 2.24) is 0 Å². The number of halogens is 4. The summed E-state index contributed by atoms with van der Waals surface area (Å²) in [6, 6.07) is 2.84. The van der Waals surface area contributed by atoms with Gasteiger partial charge in [-0.25, -0.2) is 0 Å². The van der Waals surface area contributed by atoms with Crippen molar-refractivity contribution in [2.24, 2.45) is 0 Å². The zero-order valence-electron chi connectivity index (χ0n) is 12.5. The van der Waals surface area contributed by atoms with Crippen molar-refractivity contribution in [3.63, 3.8) is 0 Å². The maximum absolute atomic E-state index is 12.3. The number of esters is 1. The molecule has 2 N–H and O–H groups in total. The minimum absolute atomic E-state index is 0.0512. The minimum Gasteiger partial charge on any atom is -0.482 e. The van der Waals surface area contributed by atoms with E-state index in [0.29, 0.717) is 18.4 Å². The minimum atomic E-state index is -4.50. The molecule has 0 bridgehead atoms. The van der Waals surface area contributed by atoms with Gasteiger partial charge in [0.15, 0.2) is 6.61 Å². The summed E-state index contributed by atoms with van der Waals surface area (Å²) in [6.45, 7) is 0.433. The van der Waals surface area contributed by atoms with Gasteiger partial charge in [0.1, 0.15) is 5.75 Å². The van der Waals surface area contributed by atoms with Crippen LogP contribution in [0.5, 0.6) is 5.75 Å². The molecule has 4 nitrogen and oxygen atoms in total. The van der Waals surface area contributed by atoms with Gasteiger partial charge in [-0.2, -0.15) is 13.2 Å². The molecule has 0 radical (unpaired) electrons. The van der Waals surface area contributed by atoms with E-state index in [1.165, 1.54) is 12.1 Å². The largest absolute Gasteiger partial charge is 0.482 e. The number of nitrogens with two attached hydrogens (primary N) is 1. The van der Waals surface area contributed by atoms with Gasteiger partial charge in [0.2, 0.25) is 0 Å². The number of benzene rings is 1. The van der Waals surface area contributed by atoms with Crippen molar-refractivity contribution in [2.75, 3.05) is 18.9 Å². The Bertz CT molecular complexity index is 600. The maximum atomic E-state index is 12.3. The molecule has 1 fully saturated rings. The van der Waals surface area contributed by atoms with E-state index in [1.807, 2.05) is 0 Å². The number of hydrogen-bond donors (Lipinski definition) is 1. The van der Waals surface area contributed by atoms with Crippen LogP contribution in [-0.4, -0.2) is 25.4 Å². The van der Waals surface area contributed by atoms with Gasteiger partial charge >= 0.3 is 12.1 Å². The van der Waals surface area contributed by atoms with Gasteiger partial charge in [-0.3, -0.25) is 4.79 Å². The monoisotopic (exact) mass is 351 g/mol. The van der Waals surface area contributed by atoms with Crippen molar-refractivity contribution in [2.45, 2.75) is 37.8 Å². The molecule has 1 aromatic rings. The highest BCUT2D eigenvalue weighted by molar-refractivity contribution is 6.33. The summed E-state index contributed by atoms with van der Waals surface area (Å²) in [5.74, 6) is -0.589. The van der Waals surface area contributed by atoms with Crippen LogP contribution in [-0.2, 0) is 14.9 Å². The molecule has 2 rings (SSSR count). The third-order valence-corrected chi connectivity index (χ3v) is 4.22. The van der Waals surface area contributed by atoms with Crippen molar-refractivity contribution in [3.05, 3.63) is 22.7 Å². The SMILES string of the molecule is CCOC(=O)C1(c2cc(Cl)c(N)c(OCC(F)(F)F)c2)CCC1. The lowest BCUT2D eigenvalue weighted by molar-refractivity contribution is -0.155. The Balaban J connectivity index is 2.35. The molecule has 0 heterocycles. The van der Waals surface area contributed by atoms with Crippen LogP contribution in [0.1, 0.15) is 31.7 Å². The van der Waals surface area contributed by atoms with Crippen LogP contribution >= 0.6 is 11.6 Å². The Kier molecular flexibility index (Phi) is 4.98. The van der Waals surface area contributed by atoms with E-state index >= 15 is 0 Å². The molecule has 1 saturated carbocycles. The van der Waals surface area contributed by atoms with Crippen LogP contribution in [0.4, 0.5) is 18.9 Å². The van der Waals surface area contributed by atoms with E-state index < -0.39 is 24.2 Å². The third-order valence-electron chi connectivity index (χ3n) is 3.91. The number of alkyl halides is 3. The summed E-state index contributed by atoms with van der Waals surface area (Å²) in [5, 5.41) is 0.0512. The average molecular weight is 352 g/mol. The molecule has 0 amide bonds. The number of ether oxygens (including phenoxy) is 2. The normalized spacial score (nSPS) is 16.6. The van der Waals surface area contributed by atoms with E-state index in [4.69, 9.17) is 26.8 Å². The third kappa shape index (κ3) is 3.65. The van der Waals surface area contributed by atoms with Crippen LogP contribution in [0.3, 0.4) is 0 Å². The van der Waals surface area contributed by atoms with E-state index in [-0.39, 0.29) is 23.1 Å². The Morgan fingerprint density at radius 1 is 1.39 bits per heavy atom. The molecular weight excluding hydrogens is 335 g/mol. The molecule has 0 saturated heterocycles. The van der Waals surface area contributed by atoms with Gasteiger partial charge in [0.05, 0.1) is 22.7 Å². The lowest BCUT2D eigenvalue weighted by Crippen LogP contribution is -2.43. The molecule has 1 aliphatic rings. The molecule has 0 atom stereocenters. The van der Waals surface area contributed by atoms with Crippen LogP contribution in [0.25, 0.3) is 0 Å². The molecule has 0 aliphatic heterocycles. The first kappa shape index (κ1) is 17.7. The summed E-state index contributed by atoms with van der Waals surface area (Å²) < 4.78 is 46.9. The Morgan fingerprint density at radius 3 is 2.52 bits per heavy atom. The molecule has 0 spiro atoms. The Morgan fingerprint density at radius 2 is 2.04 bits per heavy atom. The topological polar surface area (TPSA) is 61.5 Å². The van der Waals surface area contributed by atoms with Gasteiger partial charge in [0, 0.05) is 0 Å². The lowest BCUT2D eigenvalue weighted by atomic mass is 9.64. The first-order valence-corrected chi connectivity index (χ1v) is 7.53. The highest BCUT2D eigenvalue weighted by atomic mass is 35.5. The number of nitrogen functional groups attached to an aromatic ring is 1. The highest BCUT2D eigenvalue weighted by Gasteiger charge is 2.47. The summed E-state index contributed by atoms with van der Waals surface area (Å²) in [7, 11) is 0. The summed E-state index contributed by atoms with van der Waals surface area (Å²) in [4.78, 5) is 12.3. The van der Waals surface area contributed by atoms with Crippen molar-refractivity contribution < 1.29 is 27.4 Å². The first-order valence-electron chi connectivity index (χ1n) is 7.16. The zero-order chi connectivity index (χ0) is 17.3. The van der Waals surface area contributed by atoms with E-state index in [9.17, 15) is 18.0 Å². The van der Waals surface area contributed by atoms with Crippen LogP contribution in [0.2, 0.25) is 5.02 Å². The van der Waals surface area contributed by atoms with Crippen LogP contribution in [0, 0.1) is 0 Å². The molecule has 128 valence electrons. The summed E-state index contributed by atoms with van der Waals surface area (Å²) in [5.41, 5.74) is 5.18. The van der Waals surface area contributed by atoms with Crippen LogP contribution < -0.4 is 10.5 Å². The van der Waals surface area contributed by atoms with Crippen molar-refractivity contribution in [1.29, 1.82) is 0 Å². The van der Waals surface area contributed by atoms with E-state index in [0.717, 1.165) is 6.42 Å². The summed E-state index contributed by atoms with van der Waals surface area (Å²) in [6.07, 6.45) is -2.58. The predicted octanol–water partition coefficient (Wildman–Crippen LogP) is 3.85. The van der Waals surface area contributed by atoms with Gasteiger partial charge in [-0.15, -0.1) is 0 Å². The summed E-state index contributed by atoms with van der Waals surface area (Å²) >= 11 is 6.00. The molecule has 0 aromatic heterocycles. The number of hydrogen-bond acceptors (Lipinski definition) is 4. The molecule has 1 aromatic carbocycles. The second-order valence-electron chi connectivity index (χ2n) is 5.43. The fourth-order valence-corrected chi connectivity index (χ4v) is 2.77. The smallest absolute Gasteiger partial charge is 0.422 e. The first-order chi connectivity index (χ1) is 10.7.